The number of carboxylic acids is 5. The monoisotopic (exact) mass is 529 g/mol. The summed E-state index contributed by atoms with van der Waals surface area (Å²) < 4.78 is 5.22. The summed E-state index contributed by atoms with van der Waals surface area (Å²) in [6.07, 6.45) is 3.15. The van der Waals surface area contributed by atoms with E-state index in [-0.39, 0.29) is 26.1 Å². The first-order chi connectivity index (χ1) is 17.2. The van der Waals surface area contributed by atoms with Crippen LogP contribution < -0.4 is 0 Å². The minimum absolute atomic E-state index is 0.0561. The molecule has 0 spiro atoms. The van der Waals surface area contributed by atoms with Crippen molar-refractivity contribution in [2.45, 2.75) is 19.4 Å². The van der Waals surface area contributed by atoms with Gasteiger partial charge in [0, 0.05) is 25.7 Å². The molecule has 0 saturated heterocycles. The fourth-order valence-electron chi connectivity index (χ4n) is 3.39. The highest BCUT2D eigenvalue weighted by Gasteiger charge is 2.27. The molecule has 0 aromatic carbocycles. The van der Waals surface area contributed by atoms with Gasteiger partial charge in [-0.05, 0) is 19.4 Å². The topological polar surface area (TPSA) is 205 Å². The lowest BCUT2D eigenvalue weighted by molar-refractivity contribution is -0.144. The number of carboxylic acid groups (broad SMARTS) is 5. The van der Waals surface area contributed by atoms with E-state index in [1.165, 1.54) is 11.0 Å². The third kappa shape index (κ3) is 17.3. The van der Waals surface area contributed by atoms with Crippen LogP contribution in [-0.2, 0) is 28.7 Å². The second-order valence-electron chi connectivity index (χ2n) is 8.07. The summed E-state index contributed by atoms with van der Waals surface area (Å²) in [4.78, 5) is 60.1. The summed E-state index contributed by atoms with van der Waals surface area (Å²) in [5.74, 6) is -6.02. The number of hydrogen-bond donors (Lipinski definition) is 5. The summed E-state index contributed by atoms with van der Waals surface area (Å²) in [6.45, 7) is 6.40. The molecule has 0 aromatic rings. The Balaban J connectivity index is 5.91. The number of rotatable bonds is 22. The molecular formula is C23H35N3O11. The van der Waals surface area contributed by atoms with E-state index in [1.54, 1.807) is 13.0 Å². The maximum absolute atomic E-state index is 11.5. The molecule has 0 aliphatic heterocycles. The molecule has 1 unspecified atom stereocenters. The van der Waals surface area contributed by atoms with E-state index < -0.39 is 68.6 Å². The summed E-state index contributed by atoms with van der Waals surface area (Å²) in [6, 6.07) is -0.823. The molecular weight excluding hydrogens is 494 g/mol. The second kappa shape index (κ2) is 17.6. The van der Waals surface area contributed by atoms with Crippen molar-refractivity contribution in [1.82, 2.24) is 14.7 Å². The fourth-order valence-corrected chi connectivity index (χ4v) is 3.39. The predicted octanol–water partition coefficient (Wildman–Crippen LogP) is -0.263. The van der Waals surface area contributed by atoms with Gasteiger partial charge in [0.2, 0.25) is 0 Å². The van der Waals surface area contributed by atoms with Crippen molar-refractivity contribution in [3.05, 3.63) is 36.6 Å². The summed E-state index contributed by atoms with van der Waals surface area (Å²) in [7, 11) is 0. The molecule has 0 radical (unpaired) electrons. The number of hydrogen-bond acceptors (Lipinski definition) is 9. The van der Waals surface area contributed by atoms with Crippen molar-refractivity contribution in [3.63, 3.8) is 0 Å². The van der Waals surface area contributed by atoms with Gasteiger partial charge in [0.1, 0.15) is 5.76 Å². The maximum Gasteiger partial charge on any atom is 0.317 e. The van der Waals surface area contributed by atoms with Crippen LogP contribution in [0.25, 0.3) is 0 Å². The van der Waals surface area contributed by atoms with Crippen LogP contribution >= 0.6 is 0 Å². The molecule has 0 aromatic heterocycles. The lowest BCUT2D eigenvalue weighted by atomic mass is 10.0. The van der Waals surface area contributed by atoms with Gasteiger partial charge >= 0.3 is 29.8 Å². The van der Waals surface area contributed by atoms with Crippen LogP contribution in [0.5, 0.6) is 0 Å². The highest BCUT2D eigenvalue weighted by atomic mass is 16.5. The van der Waals surface area contributed by atoms with Gasteiger partial charge in [-0.2, -0.15) is 0 Å². The van der Waals surface area contributed by atoms with Gasteiger partial charge in [-0.25, -0.2) is 0 Å². The molecule has 0 aliphatic rings. The zero-order valence-corrected chi connectivity index (χ0v) is 20.7. The molecule has 14 nitrogen and oxygen atoms in total. The Kier molecular flexibility index (Phi) is 15.9. The molecule has 0 heterocycles. The zero-order chi connectivity index (χ0) is 28.5. The highest BCUT2D eigenvalue weighted by molar-refractivity contribution is 5.73. The van der Waals surface area contributed by atoms with Crippen LogP contribution in [0.4, 0.5) is 0 Å². The third-order valence-corrected chi connectivity index (χ3v) is 4.80. The summed E-state index contributed by atoms with van der Waals surface area (Å²) in [5.41, 5.74) is 0.459. The van der Waals surface area contributed by atoms with Crippen molar-refractivity contribution in [1.29, 1.82) is 0 Å². The van der Waals surface area contributed by atoms with E-state index in [2.05, 4.69) is 13.2 Å². The third-order valence-electron chi connectivity index (χ3n) is 4.80. The fraction of sp³-hybridized carbons (Fsp3) is 0.522. The molecule has 14 heteroatoms. The average Bonchev–Trinajstić information content (AvgIpc) is 2.73. The van der Waals surface area contributed by atoms with Crippen molar-refractivity contribution in [3.8, 4) is 0 Å². The van der Waals surface area contributed by atoms with Gasteiger partial charge in [-0.3, -0.25) is 38.7 Å². The quantitative estimate of drug-likeness (QED) is 0.0905. The number of carbonyl (C=O) groups is 5. The van der Waals surface area contributed by atoms with Crippen LogP contribution in [-0.4, -0.2) is 135 Å². The minimum Gasteiger partial charge on any atom is -0.495 e. The first-order valence-electron chi connectivity index (χ1n) is 11.2. The normalized spacial score (nSPS) is 12.1. The largest absolute Gasteiger partial charge is 0.495 e. The maximum atomic E-state index is 11.5. The van der Waals surface area contributed by atoms with Crippen LogP contribution in [0, 0.1) is 0 Å². The van der Waals surface area contributed by atoms with Crippen LogP contribution in [0.3, 0.4) is 0 Å². The van der Waals surface area contributed by atoms with E-state index in [0.717, 1.165) is 9.80 Å². The van der Waals surface area contributed by atoms with E-state index in [1.807, 2.05) is 0 Å². The van der Waals surface area contributed by atoms with Gasteiger partial charge in [-0.15, -0.1) is 0 Å². The SMILES string of the molecule is C=C(/C=C\C(=C)OCC)CC(CN(CCN(CC(=O)O)CC(=O)O)CC(=O)O)N(CC(=O)O)CC(=O)O. The molecule has 37 heavy (non-hydrogen) atoms. The molecule has 0 bridgehead atoms. The lowest BCUT2D eigenvalue weighted by Gasteiger charge is -2.34. The molecule has 1 atom stereocenters. The van der Waals surface area contributed by atoms with Crippen molar-refractivity contribution < 1.29 is 54.2 Å². The standard InChI is InChI=1S/C23H35N3O11/c1-4-37-17(3)6-5-16(2)9-18(26(14-22(33)34)15-23(35)36)10-24(11-19(27)28)7-8-25(12-20(29)30)13-21(31)32/h5-6,18H,2-4,7-15H2,1H3,(H,27,28)(H,29,30)(H,31,32)(H,33,34)(H,35,36)/b6-5-. The molecule has 5 N–H and O–H groups in total. The van der Waals surface area contributed by atoms with Crippen LogP contribution in [0.1, 0.15) is 13.3 Å². The Hall–Kier alpha value is -3.75. The number of ether oxygens (including phenoxy) is 1. The first kappa shape index (κ1) is 33.2. The molecule has 208 valence electrons. The van der Waals surface area contributed by atoms with E-state index in [9.17, 15) is 39.3 Å². The Morgan fingerprint density at radius 3 is 1.59 bits per heavy atom. The predicted molar refractivity (Wildman–Crippen MR) is 130 cm³/mol. The van der Waals surface area contributed by atoms with E-state index in [0.29, 0.717) is 17.9 Å². The van der Waals surface area contributed by atoms with E-state index >= 15 is 0 Å². The van der Waals surface area contributed by atoms with E-state index in [4.69, 9.17) is 14.9 Å². The summed E-state index contributed by atoms with van der Waals surface area (Å²) in [5, 5.41) is 46.0. The highest BCUT2D eigenvalue weighted by Crippen LogP contribution is 2.15. The summed E-state index contributed by atoms with van der Waals surface area (Å²) >= 11 is 0. The van der Waals surface area contributed by atoms with Gasteiger partial charge in [0.05, 0.1) is 39.3 Å². The minimum atomic E-state index is -1.30. The van der Waals surface area contributed by atoms with Gasteiger partial charge < -0.3 is 30.3 Å². The van der Waals surface area contributed by atoms with Crippen molar-refractivity contribution >= 4 is 29.8 Å². The molecule has 0 fully saturated rings. The molecule has 0 saturated carbocycles. The first-order valence-corrected chi connectivity index (χ1v) is 11.2. The van der Waals surface area contributed by atoms with Gasteiger partial charge in [0.25, 0.3) is 0 Å². The van der Waals surface area contributed by atoms with Gasteiger partial charge in [-0.1, -0.05) is 24.8 Å². The Labute approximate surface area is 214 Å². The Morgan fingerprint density at radius 2 is 1.16 bits per heavy atom. The lowest BCUT2D eigenvalue weighted by Crippen LogP contribution is -2.50. The number of nitrogens with zero attached hydrogens (tertiary/aromatic N) is 3. The van der Waals surface area contributed by atoms with Crippen LogP contribution in [0.15, 0.2) is 36.6 Å². The van der Waals surface area contributed by atoms with Crippen molar-refractivity contribution in [2.75, 3.05) is 59.0 Å². The smallest absolute Gasteiger partial charge is 0.317 e. The Morgan fingerprint density at radius 1 is 0.730 bits per heavy atom. The Bertz CT molecular complexity index is 840. The van der Waals surface area contributed by atoms with Gasteiger partial charge in [0.15, 0.2) is 0 Å². The average molecular weight is 530 g/mol. The second-order valence-corrected chi connectivity index (χ2v) is 8.07. The molecule has 0 aliphatic carbocycles. The van der Waals surface area contributed by atoms with Crippen LogP contribution in [0.2, 0.25) is 0 Å². The number of aliphatic carboxylic acids is 5. The number of allylic oxidation sites excluding steroid dienone is 2. The van der Waals surface area contributed by atoms with Crippen molar-refractivity contribution in [2.24, 2.45) is 0 Å². The molecule has 0 amide bonds. The zero-order valence-electron chi connectivity index (χ0n) is 20.7. The molecule has 0 rings (SSSR count).